The standard InChI is InChI=1S/C15H28O7S/c1-2-3-4-5-7-19-12-10-21-15-13(11-22-14(12)15)20-8-6-9-23(16,17)18/h12-15H,2-11H2,1H3,(H,16,17,18)/p-1/t12-,13+,14?,15?/m1/s1. The topological polar surface area (TPSA) is 94.1 Å². The second-order valence-corrected chi connectivity index (χ2v) is 7.61. The highest BCUT2D eigenvalue weighted by molar-refractivity contribution is 7.85. The molecule has 4 atom stereocenters. The lowest BCUT2D eigenvalue weighted by atomic mass is 10.1. The maximum Gasteiger partial charge on any atom is 0.115 e. The van der Waals surface area contributed by atoms with Crippen molar-refractivity contribution in [2.75, 3.05) is 32.2 Å². The number of fused-ring (bicyclic) bond motifs is 1. The largest absolute Gasteiger partial charge is 0.748 e. The van der Waals surface area contributed by atoms with Gasteiger partial charge in [-0.3, -0.25) is 0 Å². The minimum Gasteiger partial charge on any atom is -0.748 e. The molecule has 0 saturated carbocycles. The zero-order chi connectivity index (χ0) is 16.7. The Morgan fingerprint density at radius 3 is 2.04 bits per heavy atom. The van der Waals surface area contributed by atoms with Gasteiger partial charge in [0.2, 0.25) is 0 Å². The van der Waals surface area contributed by atoms with E-state index in [-0.39, 0.29) is 37.4 Å². The van der Waals surface area contributed by atoms with Crippen LogP contribution in [0.3, 0.4) is 0 Å². The fourth-order valence-corrected chi connectivity index (χ4v) is 3.42. The summed E-state index contributed by atoms with van der Waals surface area (Å²) in [4.78, 5) is 0. The van der Waals surface area contributed by atoms with Gasteiger partial charge in [0, 0.05) is 19.0 Å². The summed E-state index contributed by atoms with van der Waals surface area (Å²) in [6, 6.07) is 0. The van der Waals surface area contributed by atoms with Gasteiger partial charge in [-0.25, -0.2) is 8.42 Å². The molecule has 2 fully saturated rings. The SMILES string of the molecule is CCCCCCO[C@@H]1COC2C1OC[C@@H]2OCCCS(=O)(=O)[O-]. The highest BCUT2D eigenvalue weighted by Gasteiger charge is 2.48. The molecule has 7 nitrogen and oxygen atoms in total. The van der Waals surface area contributed by atoms with E-state index in [1.807, 2.05) is 0 Å². The van der Waals surface area contributed by atoms with Crippen molar-refractivity contribution in [3.63, 3.8) is 0 Å². The van der Waals surface area contributed by atoms with E-state index in [1.54, 1.807) is 0 Å². The fourth-order valence-electron chi connectivity index (χ4n) is 2.95. The predicted molar refractivity (Wildman–Crippen MR) is 82.3 cm³/mol. The Hall–Kier alpha value is -0.250. The van der Waals surface area contributed by atoms with Crippen LogP contribution in [0.15, 0.2) is 0 Å². The molecule has 0 amide bonds. The fraction of sp³-hybridized carbons (Fsp3) is 1.00. The van der Waals surface area contributed by atoms with Crippen LogP contribution in [0.25, 0.3) is 0 Å². The molecular weight excluding hydrogens is 324 g/mol. The van der Waals surface area contributed by atoms with Crippen molar-refractivity contribution in [3.8, 4) is 0 Å². The van der Waals surface area contributed by atoms with E-state index in [0.717, 1.165) is 6.42 Å². The molecule has 2 aliphatic heterocycles. The Bertz CT molecular complexity index is 439. The van der Waals surface area contributed by atoms with E-state index in [2.05, 4.69) is 6.92 Å². The molecular formula is C15H27O7S-. The third kappa shape index (κ3) is 6.28. The Labute approximate surface area is 138 Å². The lowest BCUT2D eigenvalue weighted by Crippen LogP contribution is -2.34. The van der Waals surface area contributed by atoms with Crippen LogP contribution in [0.1, 0.15) is 39.0 Å². The quantitative estimate of drug-likeness (QED) is 0.406. The van der Waals surface area contributed by atoms with Crippen LogP contribution in [0, 0.1) is 0 Å². The molecule has 0 bridgehead atoms. The molecule has 0 radical (unpaired) electrons. The van der Waals surface area contributed by atoms with Gasteiger partial charge in [0.15, 0.2) is 0 Å². The van der Waals surface area contributed by atoms with Gasteiger partial charge in [-0.05, 0) is 12.8 Å². The highest BCUT2D eigenvalue weighted by atomic mass is 32.2. The van der Waals surface area contributed by atoms with Crippen molar-refractivity contribution >= 4 is 10.1 Å². The van der Waals surface area contributed by atoms with Gasteiger partial charge in [-0.15, -0.1) is 0 Å². The number of hydrogen-bond acceptors (Lipinski definition) is 7. The second kappa shape index (κ2) is 9.29. The summed E-state index contributed by atoms with van der Waals surface area (Å²) >= 11 is 0. The lowest BCUT2D eigenvalue weighted by molar-refractivity contribution is -0.0505. The Kier molecular flexibility index (Phi) is 7.71. The Morgan fingerprint density at radius 2 is 1.52 bits per heavy atom. The van der Waals surface area contributed by atoms with Crippen molar-refractivity contribution in [1.29, 1.82) is 0 Å². The van der Waals surface area contributed by atoms with Crippen molar-refractivity contribution in [2.24, 2.45) is 0 Å². The first kappa shape index (κ1) is 19.1. The first-order chi connectivity index (χ1) is 11.0. The van der Waals surface area contributed by atoms with Crippen molar-refractivity contribution in [2.45, 2.75) is 63.4 Å². The molecule has 2 heterocycles. The normalized spacial score (nSPS) is 30.7. The minimum absolute atomic E-state index is 0.0581. The third-order valence-corrected chi connectivity index (χ3v) is 4.95. The molecule has 0 aromatic rings. The molecule has 2 unspecified atom stereocenters. The van der Waals surface area contributed by atoms with Gasteiger partial charge in [0.05, 0.1) is 23.3 Å². The maximum atomic E-state index is 10.5. The summed E-state index contributed by atoms with van der Waals surface area (Å²) < 4.78 is 54.5. The Morgan fingerprint density at radius 1 is 0.957 bits per heavy atom. The highest BCUT2D eigenvalue weighted by Crippen LogP contribution is 2.30. The van der Waals surface area contributed by atoms with Crippen LogP contribution in [0.2, 0.25) is 0 Å². The molecule has 0 N–H and O–H groups in total. The summed E-state index contributed by atoms with van der Waals surface area (Å²) in [6.07, 6.45) is 4.28. The molecule has 136 valence electrons. The number of ether oxygens (including phenoxy) is 4. The van der Waals surface area contributed by atoms with Crippen LogP contribution >= 0.6 is 0 Å². The maximum absolute atomic E-state index is 10.5. The second-order valence-electron chi connectivity index (χ2n) is 6.09. The van der Waals surface area contributed by atoms with E-state index in [9.17, 15) is 13.0 Å². The summed E-state index contributed by atoms with van der Waals surface area (Å²) in [7, 11) is -4.18. The predicted octanol–water partition coefficient (Wildman–Crippen LogP) is 1.07. The first-order valence-corrected chi connectivity index (χ1v) is 9.99. The van der Waals surface area contributed by atoms with Gasteiger partial charge in [0.1, 0.15) is 24.4 Å². The van der Waals surface area contributed by atoms with Crippen LogP contribution < -0.4 is 0 Å². The van der Waals surface area contributed by atoms with E-state index in [0.29, 0.717) is 19.8 Å². The van der Waals surface area contributed by atoms with E-state index >= 15 is 0 Å². The number of unbranched alkanes of at least 4 members (excludes halogenated alkanes) is 3. The molecule has 2 saturated heterocycles. The molecule has 8 heteroatoms. The van der Waals surface area contributed by atoms with E-state index in [4.69, 9.17) is 18.9 Å². The molecule has 0 aromatic heterocycles. The molecule has 0 aliphatic carbocycles. The van der Waals surface area contributed by atoms with Crippen LogP contribution in [-0.4, -0.2) is 69.6 Å². The van der Waals surface area contributed by atoms with Crippen LogP contribution in [0.4, 0.5) is 0 Å². The first-order valence-electron chi connectivity index (χ1n) is 8.41. The third-order valence-electron chi connectivity index (χ3n) is 4.16. The summed E-state index contributed by atoms with van der Waals surface area (Å²) in [5, 5.41) is 0. The van der Waals surface area contributed by atoms with E-state index < -0.39 is 15.9 Å². The molecule has 23 heavy (non-hydrogen) atoms. The summed E-state index contributed by atoms with van der Waals surface area (Å²) in [5.74, 6) is -0.404. The van der Waals surface area contributed by atoms with E-state index in [1.165, 1.54) is 19.3 Å². The zero-order valence-corrected chi connectivity index (χ0v) is 14.5. The van der Waals surface area contributed by atoms with Crippen molar-refractivity contribution < 1.29 is 31.9 Å². The molecule has 2 aliphatic rings. The number of hydrogen-bond donors (Lipinski definition) is 0. The zero-order valence-electron chi connectivity index (χ0n) is 13.6. The average Bonchev–Trinajstić information content (AvgIpc) is 3.05. The summed E-state index contributed by atoms with van der Waals surface area (Å²) in [6.45, 7) is 4.01. The minimum atomic E-state index is -4.18. The number of rotatable bonds is 11. The smallest absolute Gasteiger partial charge is 0.115 e. The van der Waals surface area contributed by atoms with Crippen molar-refractivity contribution in [3.05, 3.63) is 0 Å². The van der Waals surface area contributed by atoms with Gasteiger partial charge >= 0.3 is 0 Å². The van der Waals surface area contributed by atoms with Gasteiger partial charge in [0.25, 0.3) is 0 Å². The van der Waals surface area contributed by atoms with Crippen molar-refractivity contribution in [1.82, 2.24) is 0 Å². The average molecular weight is 351 g/mol. The van der Waals surface area contributed by atoms with Crippen LogP contribution in [-0.2, 0) is 29.1 Å². The van der Waals surface area contributed by atoms with Gasteiger partial charge in [-0.1, -0.05) is 26.2 Å². The van der Waals surface area contributed by atoms with Crippen LogP contribution in [0.5, 0.6) is 0 Å². The summed E-state index contributed by atoms with van der Waals surface area (Å²) in [5.41, 5.74) is 0. The molecule has 2 rings (SSSR count). The lowest BCUT2D eigenvalue weighted by Gasteiger charge is -2.17. The van der Waals surface area contributed by atoms with Gasteiger partial charge < -0.3 is 23.5 Å². The molecule has 0 aromatic carbocycles. The monoisotopic (exact) mass is 351 g/mol. The Balaban J connectivity index is 1.64. The van der Waals surface area contributed by atoms with Gasteiger partial charge in [-0.2, -0.15) is 0 Å². The molecule has 0 spiro atoms.